The van der Waals surface area contributed by atoms with Crippen molar-refractivity contribution in [1.82, 2.24) is 10.2 Å². The molecule has 0 spiro atoms. The van der Waals surface area contributed by atoms with E-state index in [0.717, 1.165) is 6.54 Å². The summed E-state index contributed by atoms with van der Waals surface area (Å²) >= 11 is 1.95. The van der Waals surface area contributed by atoms with Gasteiger partial charge >= 0.3 is 0 Å². The van der Waals surface area contributed by atoms with Gasteiger partial charge in [0.25, 0.3) is 0 Å². The minimum absolute atomic E-state index is 0. The molecule has 2 N–H and O–H groups in total. The van der Waals surface area contributed by atoms with E-state index in [4.69, 9.17) is 0 Å². The number of rotatable bonds is 0. The molecule has 0 bridgehead atoms. The number of aryl methyl sites for hydroxylation is 2. The van der Waals surface area contributed by atoms with Gasteiger partial charge in [0.1, 0.15) is 0 Å². The summed E-state index contributed by atoms with van der Waals surface area (Å²) < 4.78 is 0. The van der Waals surface area contributed by atoms with E-state index in [1.54, 1.807) is 0 Å². The number of thioether (sulfide) groups is 1. The Morgan fingerprint density at radius 1 is 0.957 bits per heavy atom. The molecule has 0 atom stereocenters. The van der Waals surface area contributed by atoms with Crippen molar-refractivity contribution in [1.29, 1.82) is 0 Å². The van der Waals surface area contributed by atoms with Gasteiger partial charge in [0.2, 0.25) is 0 Å². The molecule has 0 saturated carbocycles. The predicted molar refractivity (Wildman–Crippen MR) is 104 cm³/mol. The van der Waals surface area contributed by atoms with E-state index in [1.165, 1.54) is 66.1 Å². The van der Waals surface area contributed by atoms with Crippen molar-refractivity contribution < 1.29 is 0 Å². The highest BCUT2D eigenvalue weighted by Gasteiger charge is 2.08. The lowest BCUT2D eigenvalue weighted by molar-refractivity contribution is 0.702. The van der Waals surface area contributed by atoms with Crippen LogP contribution in [0.3, 0.4) is 0 Å². The Kier molecular flexibility index (Phi) is 8.85. The summed E-state index contributed by atoms with van der Waals surface area (Å²) in [5, 5.41) is 10.5. The van der Waals surface area contributed by atoms with E-state index in [1.807, 2.05) is 18.0 Å². The second-order valence-corrected chi connectivity index (χ2v) is 6.70. The number of nitrogens with one attached hydrogen (secondary N) is 2. The molecule has 2 aliphatic rings. The molecule has 2 aromatic rings. The second kappa shape index (κ2) is 10.4. The molecular formula is C19H31N3S. The normalized spacial score (nSPS) is 15.7. The maximum atomic E-state index is 4.02. The van der Waals surface area contributed by atoms with Crippen LogP contribution < -0.4 is 5.32 Å². The molecule has 0 saturated heterocycles. The molecule has 23 heavy (non-hydrogen) atoms. The van der Waals surface area contributed by atoms with Crippen LogP contribution in [0.15, 0.2) is 35.4 Å². The highest BCUT2D eigenvalue weighted by Crippen LogP contribution is 2.29. The Morgan fingerprint density at radius 2 is 1.78 bits per heavy atom. The Balaban J connectivity index is 0.000000212. The van der Waals surface area contributed by atoms with E-state index >= 15 is 0 Å². The summed E-state index contributed by atoms with van der Waals surface area (Å²) in [6, 6.07) is 8.50. The highest BCUT2D eigenvalue weighted by atomic mass is 32.2. The van der Waals surface area contributed by atoms with Crippen LogP contribution >= 0.6 is 11.8 Å². The van der Waals surface area contributed by atoms with Crippen LogP contribution in [-0.2, 0) is 12.8 Å². The fraction of sp³-hybridized carbons (Fsp3) is 0.526. The zero-order valence-corrected chi connectivity index (χ0v) is 13.2. The van der Waals surface area contributed by atoms with Gasteiger partial charge in [-0.15, -0.1) is 11.8 Å². The fourth-order valence-electron chi connectivity index (χ4n) is 2.78. The van der Waals surface area contributed by atoms with Crippen LogP contribution in [0.4, 0.5) is 5.69 Å². The van der Waals surface area contributed by atoms with Crippen molar-refractivity contribution in [2.24, 2.45) is 0 Å². The molecule has 0 fully saturated rings. The first-order valence-electron chi connectivity index (χ1n) is 7.90. The third-order valence-corrected chi connectivity index (χ3v) is 5.12. The topological polar surface area (TPSA) is 40.7 Å². The molecule has 3 nitrogen and oxygen atoms in total. The number of hydrogen-bond acceptors (Lipinski definition) is 3. The van der Waals surface area contributed by atoms with Crippen molar-refractivity contribution >= 4 is 17.4 Å². The van der Waals surface area contributed by atoms with Crippen LogP contribution in [0, 0.1) is 0 Å². The predicted octanol–water partition coefficient (Wildman–Crippen LogP) is 5.55. The summed E-state index contributed by atoms with van der Waals surface area (Å²) in [7, 11) is 0. The first-order chi connectivity index (χ1) is 10.4. The van der Waals surface area contributed by atoms with Crippen molar-refractivity contribution in [3.63, 3.8) is 0 Å². The number of benzene rings is 1. The number of para-hydroxylation sites is 1. The van der Waals surface area contributed by atoms with E-state index in [0.29, 0.717) is 0 Å². The second-order valence-electron chi connectivity index (χ2n) is 5.56. The number of hydrogen-bond donors (Lipinski definition) is 2. The molecule has 128 valence electrons. The molecule has 2 heterocycles. The lowest BCUT2D eigenvalue weighted by Gasteiger charge is -2.04. The lowest BCUT2D eigenvalue weighted by atomic mass is 10.2. The Hall–Kier alpha value is -1.42. The fourth-order valence-corrected chi connectivity index (χ4v) is 3.76. The van der Waals surface area contributed by atoms with Gasteiger partial charge in [-0.3, -0.25) is 5.10 Å². The number of H-pyrrole nitrogens is 1. The van der Waals surface area contributed by atoms with Gasteiger partial charge in [0.05, 0.1) is 6.20 Å². The molecule has 0 unspecified atom stereocenters. The number of aromatic amines is 1. The van der Waals surface area contributed by atoms with E-state index in [-0.39, 0.29) is 14.9 Å². The first-order valence-corrected chi connectivity index (χ1v) is 8.89. The highest BCUT2D eigenvalue weighted by molar-refractivity contribution is 7.99. The Labute approximate surface area is 145 Å². The van der Waals surface area contributed by atoms with Gasteiger partial charge in [-0.2, -0.15) is 5.10 Å². The van der Waals surface area contributed by atoms with Crippen molar-refractivity contribution in [2.45, 2.75) is 58.3 Å². The molecule has 1 aliphatic carbocycles. The zero-order valence-electron chi connectivity index (χ0n) is 12.4. The summed E-state index contributed by atoms with van der Waals surface area (Å²) in [6.45, 7) is 1.12. The first kappa shape index (κ1) is 19.6. The molecule has 1 aliphatic heterocycles. The molecule has 4 rings (SSSR count). The maximum Gasteiger partial charge on any atom is 0.0522 e. The van der Waals surface area contributed by atoms with Gasteiger partial charge < -0.3 is 5.32 Å². The zero-order chi connectivity index (χ0) is 14.3. The van der Waals surface area contributed by atoms with E-state index in [2.05, 4.69) is 39.8 Å². The molecule has 0 radical (unpaired) electrons. The summed E-state index contributed by atoms with van der Waals surface area (Å²) in [6.07, 6.45) is 9.71. The summed E-state index contributed by atoms with van der Waals surface area (Å²) in [5.41, 5.74) is 4.12. The monoisotopic (exact) mass is 333 g/mol. The molecule has 0 amide bonds. The minimum atomic E-state index is 0. The van der Waals surface area contributed by atoms with Gasteiger partial charge in [0.15, 0.2) is 0 Å². The van der Waals surface area contributed by atoms with Crippen LogP contribution in [0.1, 0.15) is 51.8 Å². The molecule has 4 heteroatoms. The van der Waals surface area contributed by atoms with E-state index in [9.17, 15) is 0 Å². The van der Waals surface area contributed by atoms with Gasteiger partial charge in [-0.05, 0) is 55.6 Å². The van der Waals surface area contributed by atoms with E-state index < -0.39 is 0 Å². The van der Waals surface area contributed by atoms with Crippen LogP contribution in [0.2, 0.25) is 0 Å². The average Bonchev–Trinajstić information content (AvgIpc) is 2.74. The number of anilines is 1. The quantitative estimate of drug-likeness (QED) is 0.621. The van der Waals surface area contributed by atoms with Gasteiger partial charge in [0, 0.05) is 22.8 Å². The molecule has 1 aromatic heterocycles. The van der Waals surface area contributed by atoms with Gasteiger partial charge in [-0.25, -0.2) is 0 Å². The third kappa shape index (κ3) is 5.61. The van der Waals surface area contributed by atoms with Crippen LogP contribution in [0.25, 0.3) is 0 Å². The van der Waals surface area contributed by atoms with Crippen LogP contribution in [0.5, 0.6) is 0 Å². The van der Waals surface area contributed by atoms with Crippen molar-refractivity contribution in [3.05, 3.63) is 41.7 Å². The van der Waals surface area contributed by atoms with Crippen molar-refractivity contribution in [2.75, 3.05) is 17.6 Å². The number of nitrogens with zero attached hydrogens (tertiary/aromatic N) is 1. The lowest BCUT2D eigenvalue weighted by Crippen LogP contribution is -1.99. The van der Waals surface area contributed by atoms with Crippen molar-refractivity contribution in [3.8, 4) is 0 Å². The number of fused-ring (bicyclic) bond motifs is 2. The Morgan fingerprint density at radius 3 is 2.70 bits per heavy atom. The average molecular weight is 334 g/mol. The summed E-state index contributed by atoms with van der Waals surface area (Å²) in [5.74, 6) is 1.24. The molecule has 1 aromatic carbocycles. The maximum absolute atomic E-state index is 4.02. The summed E-state index contributed by atoms with van der Waals surface area (Å²) in [4.78, 5) is 1.39. The Bertz CT molecular complexity index is 520. The third-order valence-electron chi connectivity index (χ3n) is 3.96. The SMILES string of the molecule is C.C.c1ccc2c(c1)NCCCS2.c1n[nH]c2c1CCCCC2. The van der Waals surface area contributed by atoms with Crippen LogP contribution in [-0.4, -0.2) is 22.5 Å². The van der Waals surface area contributed by atoms with Gasteiger partial charge in [-0.1, -0.05) is 33.4 Å². The molecular weight excluding hydrogens is 302 g/mol. The largest absolute Gasteiger partial charge is 0.384 e. The smallest absolute Gasteiger partial charge is 0.0522 e. The minimum Gasteiger partial charge on any atom is -0.384 e. The number of aromatic nitrogens is 2. The standard InChI is InChI=1S/C9H11NS.C8H12N2.2CH4/c1-2-5-9-8(4-1)10-6-3-7-11-9;1-2-4-7-6-9-10-8(7)5-3-1;;/h1-2,4-5,10H,3,6-7H2;6H,1-5H2,(H,9,10);2*1H4.